The summed E-state index contributed by atoms with van der Waals surface area (Å²) in [6, 6.07) is 0. The van der Waals surface area contributed by atoms with Crippen molar-refractivity contribution in [1.29, 1.82) is 0 Å². The van der Waals surface area contributed by atoms with Gasteiger partial charge in [0.05, 0.1) is 0 Å². The Kier molecular flexibility index (Phi) is 24.4. The summed E-state index contributed by atoms with van der Waals surface area (Å²) in [6.07, 6.45) is 19.2. The molecule has 0 aromatic rings. The molecule has 3 aliphatic rings. The fourth-order valence-electron chi connectivity index (χ4n) is 13.0. The Balaban J connectivity index is 1.90. The number of unbranched alkanes of at least 4 members (excludes halogenated alkanes) is 3. The summed E-state index contributed by atoms with van der Waals surface area (Å²) in [5.41, 5.74) is 2.65. The normalized spacial score (nSPS) is 27.8. The molecule has 3 fully saturated rings. The van der Waals surface area contributed by atoms with Gasteiger partial charge in [0, 0.05) is 6.61 Å². The van der Waals surface area contributed by atoms with Crippen LogP contribution in [0.1, 0.15) is 201 Å². The van der Waals surface area contributed by atoms with Crippen LogP contribution >= 0.6 is 0 Å². The van der Waals surface area contributed by atoms with E-state index in [4.69, 9.17) is 27.8 Å². The van der Waals surface area contributed by atoms with Crippen molar-refractivity contribution < 1.29 is 32.6 Å². The van der Waals surface area contributed by atoms with Crippen LogP contribution in [0, 0.1) is 0 Å². The molecule has 3 saturated heterocycles. The Bertz CT molecular complexity index is 1230. The van der Waals surface area contributed by atoms with Gasteiger partial charge in [0.2, 0.25) is 8.32 Å². The Morgan fingerprint density at radius 3 is 1.76 bits per heavy atom. The number of rotatable bonds is 29. The van der Waals surface area contributed by atoms with E-state index in [1.807, 2.05) is 6.26 Å². The van der Waals surface area contributed by atoms with Gasteiger partial charge < -0.3 is 4.43 Å². The molecule has 62 heavy (non-hydrogen) atoms. The van der Waals surface area contributed by atoms with Gasteiger partial charge in [-0.25, -0.2) is 0 Å². The molecule has 0 unspecified atom stereocenters. The van der Waals surface area contributed by atoms with E-state index in [2.05, 4.69) is 117 Å². The summed E-state index contributed by atoms with van der Waals surface area (Å²) >= 11 is -2.33. The SMILES string of the molecule is CCC[CH2][Sn]([CH2]/C=C\O[C@H]1CC[C@@]2(C)O[C@H]3[C@@H](O[Si](C(C)C)(C(C)C)C(C)C)C[C@@H](CCCO[Si](C(C)C)(C(C)C)C(C)C)O[C@@H]3C[C@@H]2O[C@@H]1CCC=O)([CH2]CCC)[CH2]CCC. The summed E-state index contributed by atoms with van der Waals surface area (Å²) in [5.74, 6) is 0. The van der Waals surface area contributed by atoms with Crippen LogP contribution in [0.2, 0.25) is 51.0 Å². The molecular formula is C52H102O7Si2Sn. The Morgan fingerprint density at radius 2 is 1.26 bits per heavy atom. The van der Waals surface area contributed by atoms with E-state index in [1.165, 1.54) is 56.3 Å². The zero-order valence-electron chi connectivity index (χ0n) is 43.5. The minimum atomic E-state index is -2.33. The van der Waals surface area contributed by atoms with Gasteiger partial charge in [-0.1, -0.05) is 83.1 Å². The van der Waals surface area contributed by atoms with Gasteiger partial charge in [-0.2, -0.15) is 0 Å². The van der Waals surface area contributed by atoms with Crippen LogP contribution in [0.15, 0.2) is 12.3 Å². The zero-order chi connectivity index (χ0) is 46.3. The first kappa shape index (κ1) is 56.6. The third-order valence-electron chi connectivity index (χ3n) is 16.3. The van der Waals surface area contributed by atoms with Crippen LogP contribution in [0.4, 0.5) is 0 Å². The molecule has 3 rings (SSSR count). The predicted molar refractivity (Wildman–Crippen MR) is 270 cm³/mol. The first-order valence-electron chi connectivity index (χ1n) is 26.4. The second-order valence-corrected chi connectivity index (χ2v) is 47.3. The number of carbonyl (C=O) groups excluding carboxylic acids is 1. The van der Waals surface area contributed by atoms with Crippen molar-refractivity contribution in [2.75, 3.05) is 6.61 Å². The fourth-order valence-corrected chi connectivity index (χ4v) is 39.1. The first-order valence-corrected chi connectivity index (χ1v) is 38.7. The molecule has 0 spiro atoms. The van der Waals surface area contributed by atoms with Crippen LogP contribution in [0.25, 0.3) is 0 Å². The van der Waals surface area contributed by atoms with Crippen molar-refractivity contribution in [3.8, 4) is 0 Å². The first-order chi connectivity index (χ1) is 29.3. The van der Waals surface area contributed by atoms with Gasteiger partial charge in [-0.3, -0.25) is 0 Å². The van der Waals surface area contributed by atoms with Crippen molar-refractivity contribution in [2.24, 2.45) is 0 Å². The van der Waals surface area contributed by atoms with E-state index < -0.39 is 40.6 Å². The van der Waals surface area contributed by atoms with Crippen LogP contribution < -0.4 is 0 Å². The van der Waals surface area contributed by atoms with Gasteiger partial charge in [-0.15, -0.1) is 0 Å². The van der Waals surface area contributed by atoms with Gasteiger partial charge in [0.25, 0.3) is 0 Å². The van der Waals surface area contributed by atoms with Crippen LogP contribution in [-0.2, 0) is 32.6 Å². The average Bonchev–Trinajstić information content (AvgIpc) is 3.34. The summed E-state index contributed by atoms with van der Waals surface area (Å²) < 4.78 is 49.1. The standard InChI is InChI=1S/C40H75O7Si2.3C4H9.Sn/c1-15-23-42-34-20-21-40(14)38(45-35(34)19-16-22-41)26-36-39(46-40)37(47-49(30(8)9,31(10)11)32(12)13)25-33(44-36)18-17-24-43-48(27(2)3,28(4)5)29(6)7;3*1-3-4-2;/h15,22-23,27-39H,1,16-21,24-26H2,2-14H3;3*1,3-4H2,2H3;/b23-15-;;;;/t33-,34+,35-,36-,37+,38+,39-,40-;;;;/m1..../s1. The molecule has 10 heteroatoms. The summed E-state index contributed by atoms with van der Waals surface area (Å²) in [6.45, 7) is 38.7. The summed E-state index contributed by atoms with van der Waals surface area (Å²) in [5, 5.41) is 0. The van der Waals surface area contributed by atoms with Crippen molar-refractivity contribution in [2.45, 2.75) is 300 Å². The van der Waals surface area contributed by atoms with Gasteiger partial charge in [-0.05, 0) is 46.1 Å². The molecule has 7 nitrogen and oxygen atoms in total. The number of aldehydes is 1. The number of allylic oxidation sites excluding steroid dienone is 1. The third kappa shape index (κ3) is 14.4. The topological polar surface area (TPSA) is 72.5 Å². The minimum absolute atomic E-state index is 0.0319. The quantitative estimate of drug-likeness (QED) is 0.0320. The number of ether oxygens (including phenoxy) is 4. The van der Waals surface area contributed by atoms with Crippen LogP contribution in [-0.4, -0.2) is 96.2 Å². The number of carbonyl (C=O) groups is 1. The van der Waals surface area contributed by atoms with E-state index in [0.717, 1.165) is 51.4 Å². The average molecular weight is 1010 g/mol. The number of fused-ring (bicyclic) bond motifs is 2. The van der Waals surface area contributed by atoms with E-state index in [9.17, 15) is 4.79 Å². The molecule has 0 aromatic heterocycles. The molecule has 0 aliphatic carbocycles. The van der Waals surface area contributed by atoms with Gasteiger partial charge in [0.15, 0.2) is 8.32 Å². The summed E-state index contributed by atoms with van der Waals surface area (Å²) in [4.78, 5) is 11.8. The van der Waals surface area contributed by atoms with E-state index in [1.54, 1.807) is 0 Å². The molecule has 3 heterocycles. The maximum absolute atomic E-state index is 11.8. The van der Waals surface area contributed by atoms with Gasteiger partial charge >= 0.3 is 236 Å². The number of hydrogen-bond donors (Lipinski definition) is 0. The molecule has 0 amide bonds. The van der Waals surface area contributed by atoms with Crippen LogP contribution in [0.5, 0.6) is 0 Å². The molecule has 0 bridgehead atoms. The van der Waals surface area contributed by atoms with E-state index in [-0.39, 0.29) is 42.7 Å². The van der Waals surface area contributed by atoms with Crippen molar-refractivity contribution >= 4 is 41.3 Å². The molecule has 0 saturated carbocycles. The van der Waals surface area contributed by atoms with Crippen molar-refractivity contribution in [3.05, 3.63) is 12.3 Å². The molecule has 3 aliphatic heterocycles. The second-order valence-electron chi connectivity index (χ2n) is 22.5. The molecule has 8 atom stereocenters. The second kappa shape index (κ2) is 26.7. The predicted octanol–water partition coefficient (Wildman–Crippen LogP) is 15.5. The Hall–Kier alpha value is 0.242. The Labute approximate surface area is 390 Å². The fraction of sp³-hybridized carbons (Fsp3) is 0.942. The Morgan fingerprint density at radius 1 is 0.710 bits per heavy atom. The molecule has 0 aromatic carbocycles. The van der Waals surface area contributed by atoms with E-state index in [0.29, 0.717) is 46.1 Å². The molecular weight excluding hydrogens is 911 g/mol. The molecule has 364 valence electrons. The molecule has 0 radical (unpaired) electrons. The summed E-state index contributed by atoms with van der Waals surface area (Å²) in [7, 11) is -4.18. The van der Waals surface area contributed by atoms with Crippen LogP contribution in [0.3, 0.4) is 0 Å². The van der Waals surface area contributed by atoms with Crippen molar-refractivity contribution in [3.63, 3.8) is 0 Å². The zero-order valence-corrected chi connectivity index (χ0v) is 48.4. The third-order valence-corrected chi connectivity index (χ3v) is 43.7. The maximum atomic E-state index is 11.8. The van der Waals surface area contributed by atoms with E-state index >= 15 is 0 Å². The van der Waals surface area contributed by atoms with Gasteiger partial charge in [0.1, 0.15) is 0 Å². The molecule has 0 N–H and O–H groups in total. The van der Waals surface area contributed by atoms with Crippen molar-refractivity contribution in [1.82, 2.24) is 0 Å². The monoisotopic (exact) mass is 1010 g/mol. The number of hydrogen-bond acceptors (Lipinski definition) is 7.